The van der Waals surface area contributed by atoms with Gasteiger partial charge in [-0.3, -0.25) is 0 Å². The van der Waals surface area contributed by atoms with Crippen molar-refractivity contribution in [3.63, 3.8) is 0 Å². The Balaban J connectivity index is 2.68. The van der Waals surface area contributed by atoms with Gasteiger partial charge in [-0.25, -0.2) is 0 Å². The zero-order chi connectivity index (χ0) is 12.3. The Bertz CT molecular complexity index is 356. The minimum Gasteiger partial charge on any atom is -0.491 e. The lowest BCUT2D eigenvalue weighted by Gasteiger charge is -2.13. The molecule has 0 fully saturated rings. The van der Waals surface area contributed by atoms with Crippen LogP contribution in [0.15, 0.2) is 16.6 Å². The largest absolute Gasteiger partial charge is 0.491 e. The number of benzene rings is 1. The standard InChI is InChI=1S/C10H11BrF3NO/c1-6-4-7(11)5-8(15)9(6)16-3-2-10(12,13)14/h4-5H,2-3,15H2,1H3. The van der Waals surface area contributed by atoms with Gasteiger partial charge in [-0.05, 0) is 24.6 Å². The number of hydrogen-bond acceptors (Lipinski definition) is 2. The minimum absolute atomic E-state index is 0.312. The summed E-state index contributed by atoms with van der Waals surface area (Å²) in [7, 11) is 0. The van der Waals surface area contributed by atoms with Crippen molar-refractivity contribution < 1.29 is 17.9 Å². The highest BCUT2D eigenvalue weighted by molar-refractivity contribution is 9.10. The number of nitrogens with two attached hydrogens (primary N) is 1. The van der Waals surface area contributed by atoms with Gasteiger partial charge in [0.2, 0.25) is 0 Å². The van der Waals surface area contributed by atoms with Crippen LogP contribution in [0, 0.1) is 6.92 Å². The molecule has 2 N–H and O–H groups in total. The molecule has 1 aromatic rings. The second kappa shape index (κ2) is 4.95. The number of aryl methyl sites for hydroxylation is 1. The monoisotopic (exact) mass is 297 g/mol. The molecule has 1 rings (SSSR count). The van der Waals surface area contributed by atoms with Gasteiger partial charge in [-0.2, -0.15) is 13.2 Å². The molecular formula is C10H11BrF3NO. The van der Waals surface area contributed by atoms with E-state index in [1.54, 1.807) is 19.1 Å². The average Bonchev–Trinajstić information content (AvgIpc) is 2.07. The summed E-state index contributed by atoms with van der Waals surface area (Å²) in [5.74, 6) is 0.312. The van der Waals surface area contributed by atoms with E-state index in [-0.39, 0.29) is 0 Å². The molecule has 90 valence electrons. The topological polar surface area (TPSA) is 35.2 Å². The van der Waals surface area contributed by atoms with E-state index >= 15 is 0 Å². The zero-order valence-corrected chi connectivity index (χ0v) is 10.2. The van der Waals surface area contributed by atoms with Crippen LogP contribution in [-0.4, -0.2) is 12.8 Å². The molecule has 0 unspecified atom stereocenters. The van der Waals surface area contributed by atoms with Gasteiger partial charge in [-0.1, -0.05) is 15.9 Å². The number of halogens is 4. The van der Waals surface area contributed by atoms with E-state index in [1.165, 1.54) is 0 Å². The lowest BCUT2D eigenvalue weighted by molar-refractivity contribution is -0.139. The SMILES string of the molecule is Cc1cc(Br)cc(N)c1OCCC(F)(F)F. The Morgan fingerprint density at radius 3 is 2.50 bits per heavy atom. The van der Waals surface area contributed by atoms with Crippen LogP contribution in [0.4, 0.5) is 18.9 Å². The number of anilines is 1. The Morgan fingerprint density at radius 1 is 1.38 bits per heavy atom. The van der Waals surface area contributed by atoms with Gasteiger partial charge in [-0.15, -0.1) is 0 Å². The summed E-state index contributed by atoms with van der Waals surface area (Å²) in [5.41, 5.74) is 6.67. The van der Waals surface area contributed by atoms with Crippen LogP contribution in [0.25, 0.3) is 0 Å². The molecule has 0 saturated heterocycles. The van der Waals surface area contributed by atoms with E-state index in [0.29, 0.717) is 17.0 Å². The third-order valence-corrected chi connectivity index (χ3v) is 2.36. The Kier molecular flexibility index (Phi) is 4.07. The van der Waals surface area contributed by atoms with Gasteiger partial charge in [0, 0.05) is 4.47 Å². The Hall–Kier alpha value is -0.910. The first-order valence-corrected chi connectivity index (χ1v) is 5.34. The van der Waals surface area contributed by atoms with Crippen molar-refractivity contribution in [3.8, 4) is 5.75 Å². The Morgan fingerprint density at radius 2 is 2.00 bits per heavy atom. The van der Waals surface area contributed by atoms with Crippen molar-refractivity contribution in [2.75, 3.05) is 12.3 Å². The maximum absolute atomic E-state index is 11.9. The third-order valence-electron chi connectivity index (χ3n) is 1.90. The van der Waals surface area contributed by atoms with Crippen LogP contribution < -0.4 is 10.5 Å². The molecule has 0 atom stereocenters. The summed E-state index contributed by atoms with van der Waals surface area (Å²) in [6, 6.07) is 3.33. The number of ether oxygens (including phenoxy) is 1. The van der Waals surface area contributed by atoms with Crippen molar-refractivity contribution >= 4 is 21.6 Å². The predicted molar refractivity (Wildman–Crippen MR) is 59.5 cm³/mol. The summed E-state index contributed by atoms with van der Waals surface area (Å²) in [6.45, 7) is 1.31. The van der Waals surface area contributed by atoms with Gasteiger partial charge >= 0.3 is 6.18 Å². The van der Waals surface area contributed by atoms with Crippen LogP contribution >= 0.6 is 15.9 Å². The van der Waals surface area contributed by atoms with Gasteiger partial charge in [0.15, 0.2) is 0 Å². The molecule has 0 aromatic heterocycles. The zero-order valence-electron chi connectivity index (χ0n) is 8.57. The van der Waals surface area contributed by atoms with Gasteiger partial charge < -0.3 is 10.5 Å². The third kappa shape index (κ3) is 3.92. The van der Waals surface area contributed by atoms with E-state index in [2.05, 4.69) is 15.9 Å². The molecule has 6 heteroatoms. The molecule has 2 nitrogen and oxygen atoms in total. The lowest BCUT2D eigenvalue weighted by atomic mass is 10.2. The van der Waals surface area contributed by atoms with Crippen LogP contribution in [0.5, 0.6) is 5.75 Å². The molecule has 1 aromatic carbocycles. The average molecular weight is 298 g/mol. The molecule has 0 radical (unpaired) electrons. The van der Waals surface area contributed by atoms with Crippen LogP contribution in [0.2, 0.25) is 0 Å². The smallest absolute Gasteiger partial charge is 0.392 e. The van der Waals surface area contributed by atoms with Gasteiger partial charge in [0.05, 0.1) is 18.7 Å². The molecule has 0 spiro atoms. The van der Waals surface area contributed by atoms with E-state index in [0.717, 1.165) is 4.47 Å². The summed E-state index contributed by atoms with van der Waals surface area (Å²) < 4.78 is 41.5. The van der Waals surface area contributed by atoms with Crippen molar-refractivity contribution in [3.05, 3.63) is 22.2 Å². The van der Waals surface area contributed by atoms with Crippen molar-refractivity contribution in [2.45, 2.75) is 19.5 Å². The summed E-state index contributed by atoms with van der Waals surface area (Å²) in [6.07, 6.45) is -5.19. The van der Waals surface area contributed by atoms with E-state index in [9.17, 15) is 13.2 Å². The van der Waals surface area contributed by atoms with E-state index in [4.69, 9.17) is 10.5 Å². The molecule has 0 bridgehead atoms. The second-order valence-corrected chi connectivity index (χ2v) is 4.27. The van der Waals surface area contributed by atoms with Crippen molar-refractivity contribution in [1.82, 2.24) is 0 Å². The first kappa shape index (κ1) is 13.2. The number of alkyl halides is 3. The predicted octanol–water partition coefficient (Wildman–Crippen LogP) is 3.67. The first-order valence-electron chi connectivity index (χ1n) is 4.55. The number of hydrogen-bond donors (Lipinski definition) is 1. The first-order chi connectivity index (χ1) is 7.29. The minimum atomic E-state index is -4.21. The maximum atomic E-state index is 11.9. The van der Waals surface area contributed by atoms with Crippen LogP contribution in [0.1, 0.15) is 12.0 Å². The maximum Gasteiger partial charge on any atom is 0.392 e. The fraction of sp³-hybridized carbons (Fsp3) is 0.400. The fourth-order valence-corrected chi connectivity index (χ4v) is 1.81. The van der Waals surface area contributed by atoms with Crippen LogP contribution in [-0.2, 0) is 0 Å². The second-order valence-electron chi connectivity index (χ2n) is 3.35. The van der Waals surface area contributed by atoms with Crippen molar-refractivity contribution in [2.24, 2.45) is 0 Å². The molecular weight excluding hydrogens is 287 g/mol. The summed E-state index contributed by atoms with van der Waals surface area (Å²) in [5, 5.41) is 0. The van der Waals surface area contributed by atoms with Gasteiger partial charge in [0.25, 0.3) is 0 Å². The van der Waals surface area contributed by atoms with Gasteiger partial charge in [0.1, 0.15) is 5.75 Å². The molecule has 0 amide bonds. The highest BCUT2D eigenvalue weighted by Crippen LogP contribution is 2.30. The normalized spacial score (nSPS) is 11.6. The lowest BCUT2D eigenvalue weighted by Crippen LogP contribution is -2.13. The molecule has 0 saturated carbocycles. The molecule has 0 aliphatic carbocycles. The van der Waals surface area contributed by atoms with Crippen LogP contribution in [0.3, 0.4) is 0 Å². The van der Waals surface area contributed by atoms with Crippen molar-refractivity contribution in [1.29, 1.82) is 0 Å². The molecule has 0 aliphatic rings. The molecule has 0 heterocycles. The highest BCUT2D eigenvalue weighted by atomic mass is 79.9. The fourth-order valence-electron chi connectivity index (χ4n) is 1.22. The number of nitrogen functional groups attached to an aromatic ring is 1. The quantitative estimate of drug-likeness (QED) is 0.864. The number of rotatable bonds is 3. The summed E-state index contributed by atoms with van der Waals surface area (Å²) >= 11 is 3.23. The van der Waals surface area contributed by atoms with E-state index < -0.39 is 19.2 Å². The summed E-state index contributed by atoms with van der Waals surface area (Å²) in [4.78, 5) is 0. The molecule has 16 heavy (non-hydrogen) atoms. The van der Waals surface area contributed by atoms with E-state index in [1.807, 2.05) is 0 Å². The highest BCUT2D eigenvalue weighted by Gasteiger charge is 2.27. The Labute approximate surface area is 99.7 Å². The molecule has 0 aliphatic heterocycles.